The van der Waals surface area contributed by atoms with Gasteiger partial charge in [0.2, 0.25) is 0 Å². The van der Waals surface area contributed by atoms with Gasteiger partial charge in [-0.2, -0.15) is 5.10 Å². The number of morpholine rings is 1. The van der Waals surface area contributed by atoms with Crippen molar-refractivity contribution in [1.29, 1.82) is 0 Å². The summed E-state index contributed by atoms with van der Waals surface area (Å²) in [5.74, 6) is 1.63. The van der Waals surface area contributed by atoms with Gasteiger partial charge in [-0.25, -0.2) is 15.0 Å². The molecule has 0 aromatic carbocycles. The quantitative estimate of drug-likeness (QED) is 0.425. The van der Waals surface area contributed by atoms with Gasteiger partial charge in [0, 0.05) is 53.8 Å². The molecular formula is C29H38N8O. The number of fused-ring (bicyclic) bond motifs is 1. The van der Waals surface area contributed by atoms with Crippen LogP contribution in [-0.2, 0) is 4.74 Å². The van der Waals surface area contributed by atoms with E-state index in [1.54, 1.807) is 0 Å². The number of pyridine rings is 1. The second-order valence-corrected chi connectivity index (χ2v) is 11.7. The summed E-state index contributed by atoms with van der Waals surface area (Å²) in [6, 6.07) is 6.76. The first-order valence-corrected chi connectivity index (χ1v) is 13.6. The molecule has 4 aromatic rings. The zero-order valence-corrected chi connectivity index (χ0v) is 23.3. The Kier molecular flexibility index (Phi) is 6.23. The molecule has 1 unspecified atom stereocenters. The number of likely N-dealkylation sites (tertiary alicyclic amines) is 1. The third kappa shape index (κ3) is 4.27. The number of hydrogen-bond donors (Lipinski definition) is 1. The first kappa shape index (κ1) is 25.0. The number of nitrogens with zero attached hydrogens (tertiary/aromatic N) is 7. The molecule has 1 N–H and O–H groups in total. The number of aromatic amines is 1. The lowest BCUT2D eigenvalue weighted by molar-refractivity contribution is 0.0699. The fraction of sp³-hybridized carbons (Fsp3) is 0.517. The van der Waals surface area contributed by atoms with Gasteiger partial charge in [0.25, 0.3) is 0 Å². The van der Waals surface area contributed by atoms with Crippen molar-refractivity contribution in [2.75, 3.05) is 44.8 Å². The van der Waals surface area contributed by atoms with Gasteiger partial charge < -0.3 is 19.5 Å². The minimum absolute atomic E-state index is 0.121. The third-order valence-electron chi connectivity index (χ3n) is 8.32. The summed E-state index contributed by atoms with van der Waals surface area (Å²) in [5.41, 5.74) is 6.11. The molecule has 9 nitrogen and oxygen atoms in total. The van der Waals surface area contributed by atoms with Crippen LogP contribution in [0.25, 0.3) is 33.7 Å². The highest BCUT2D eigenvalue weighted by atomic mass is 16.5. The van der Waals surface area contributed by atoms with Crippen LogP contribution in [0.5, 0.6) is 0 Å². The summed E-state index contributed by atoms with van der Waals surface area (Å²) in [5, 5.41) is 6.14. The number of piperidine rings is 1. The van der Waals surface area contributed by atoms with Gasteiger partial charge in [-0.05, 0) is 58.3 Å². The standard InChI is InChI=1S/C29H38N8O/c1-18-16-38-14-13-36(18)25-15-23(32-28(33-25)22-8-11-31-27-21(22)7-10-30-27)26-19(2)34-37(20(26)3)24-9-12-35(6)17-29(24,4)5/h7-8,10-11,15,18,24H,9,12-14,16-17H2,1-6H3,(H,30,31)/t18-,24?/m1/s1. The zero-order valence-electron chi connectivity index (χ0n) is 23.3. The number of rotatable bonds is 4. The minimum Gasteiger partial charge on any atom is -0.377 e. The van der Waals surface area contributed by atoms with Crippen molar-refractivity contribution < 1.29 is 4.74 Å². The van der Waals surface area contributed by atoms with Crippen molar-refractivity contribution in [3.05, 3.63) is 42.0 Å². The van der Waals surface area contributed by atoms with Crippen molar-refractivity contribution in [2.45, 2.75) is 53.1 Å². The molecule has 0 radical (unpaired) electrons. The Hall–Kier alpha value is -3.30. The van der Waals surface area contributed by atoms with Gasteiger partial charge in [-0.15, -0.1) is 0 Å². The Bertz CT molecular complexity index is 1470. The summed E-state index contributed by atoms with van der Waals surface area (Å²) in [6.45, 7) is 15.5. The van der Waals surface area contributed by atoms with Crippen LogP contribution in [-0.4, -0.2) is 80.6 Å². The maximum absolute atomic E-state index is 5.73. The summed E-state index contributed by atoms with van der Waals surface area (Å²) >= 11 is 0. The number of aryl methyl sites for hydroxylation is 1. The monoisotopic (exact) mass is 514 g/mol. The van der Waals surface area contributed by atoms with Gasteiger partial charge in [0.1, 0.15) is 11.5 Å². The first-order chi connectivity index (χ1) is 18.2. The van der Waals surface area contributed by atoms with Gasteiger partial charge in [0.15, 0.2) is 5.82 Å². The van der Waals surface area contributed by atoms with Crippen molar-refractivity contribution >= 4 is 16.9 Å². The zero-order chi connectivity index (χ0) is 26.6. The maximum atomic E-state index is 5.73. The van der Waals surface area contributed by atoms with Crippen LogP contribution in [0.1, 0.15) is 44.6 Å². The number of anilines is 1. The molecule has 6 heterocycles. The maximum Gasteiger partial charge on any atom is 0.162 e. The normalized spacial score (nSPS) is 22.3. The molecule has 0 aliphatic carbocycles. The lowest BCUT2D eigenvalue weighted by atomic mass is 9.79. The predicted octanol–water partition coefficient (Wildman–Crippen LogP) is 4.63. The van der Waals surface area contributed by atoms with Crippen LogP contribution in [0.3, 0.4) is 0 Å². The lowest BCUT2D eigenvalue weighted by Gasteiger charge is -2.43. The minimum atomic E-state index is 0.121. The van der Waals surface area contributed by atoms with Gasteiger partial charge in [-0.1, -0.05) is 13.8 Å². The van der Waals surface area contributed by atoms with Crippen LogP contribution in [0.4, 0.5) is 5.82 Å². The number of nitrogens with one attached hydrogen (secondary N) is 1. The van der Waals surface area contributed by atoms with Crippen molar-refractivity contribution in [3.63, 3.8) is 0 Å². The molecule has 0 spiro atoms. The van der Waals surface area contributed by atoms with E-state index in [9.17, 15) is 0 Å². The molecule has 2 saturated heterocycles. The van der Waals surface area contributed by atoms with E-state index in [0.29, 0.717) is 25.1 Å². The highest BCUT2D eigenvalue weighted by Crippen LogP contribution is 2.41. The summed E-state index contributed by atoms with van der Waals surface area (Å²) in [6.07, 6.45) is 4.81. The van der Waals surface area contributed by atoms with E-state index >= 15 is 0 Å². The highest BCUT2D eigenvalue weighted by Gasteiger charge is 2.38. The molecule has 6 rings (SSSR count). The lowest BCUT2D eigenvalue weighted by Crippen LogP contribution is -2.45. The largest absolute Gasteiger partial charge is 0.377 e. The molecule has 0 saturated carbocycles. The number of hydrogen-bond acceptors (Lipinski definition) is 7. The van der Waals surface area contributed by atoms with Gasteiger partial charge in [0.05, 0.1) is 36.7 Å². The van der Waals surface area contributed by atoms with E-state index in [0.717, 1.165) is 71.1 Å². The number of ether oxygens (including phenoxy) is 1. The molecule has 0 amide bonds. The van der Waals surface area contributed by atoms with E-state index in [4.69, 9.17) is 19.8 Å². The third-order valence-corrected chi connectivity index (χ3v) is 8.32. The van der Waals surface area contributed by atoms with E-state index in [1.165, 1.54) is 0 Å². The number of H-pyrrole nitrogens is 1. The summed E-state index contributed by atoms with van der Waals surface area (Å²) < 4.78 is 8.00. The molecule has 200 valence electrons. The SMILES string of the molecule is Cc1nn(C2CCN(C)CC2(C)C)c(C)c1-c1cc(N2CCOC[C@H]2C)nc(-c2ccnc3[nH]ccc23)n1. The molecular weight excluding hydrogens is 476 g/mol. The summed E-state index contributed by atoms with van der Waals surface area (Å²) in [4.78, 5) is 22.7. The highest BCUT2D eigenvalue weighted by molar-refractivity contribution is 5.91. The van der Waals surface area contributed by atoms with Crippen molar-refractivity contribution in [2.24, 2.45) is 5.41 Å². The molecule has 38 heavy (non-hydrogen) atoms. The number of aromatic nitrogens is 6. The Morgan fingerprint density at radius 3 is 2.76 bits per heavy atom. The second kappa shape index (κ2) is 9.47. The first-order valence-electron chi connectivity index (χ1n) is 13.6. The van der Waals surface area contributed by atoms with Crippen LogP contribution in [0.2, 0.25) is 0 Å². The summed E-state index contributed by atoms with van der Waals surface area (Å²) in [7, 11) is 2.21. The van der Waals surface area contributed by atoms with Crippen LogP contribution in [0.15, 0.2) is 30.6 Å². The molecule has 2 aliphatic heterocycles. The Morgan fingerprint density at radius 1 is 1.13 bits per heavy atom. The smallest absolute Gasteiger partial charge is 0.162 e. The average Bonchev–Trinajstić information content (AvgIpc) is 3.47. The molecule has 2 fully saturated rings. The predicted molar refractivity (Wildman–Crippen MR) is 150 cm³/mol. The van der Waals surface area contributed by atoms with E-state index in [2.05, 4.69) is 72.2 Å². The topological polar surface area (TPSA) is 88.0 Å². The van der Waals surface area contributed by atoms with Crippen molar-refractivity contribution in [1.82, 2.24) is 34.6 Å². The fourth-order valence-corrected chi connectivity index (χ4v) is 6.46. The Balaban J connectivity index is 1.51. The Morgan fingerprint density at radius 2 is 1.97 bits per heavy atom. The second-order valence-electron chi connectivity index (χ2n) is 11.7. The molecule has 4 aromatic heterocycles. The average molecular weight is 515 g/mol. The van der Waals surface area contributed by atoms with Crippen LogP contribution < -0.4 is 4.90 Å². The van der Waals surface area contributed by atoms with Gasteiger partial charge >= 0.3 is 0 Å². The fourth-order valence-electron chi connectivity index (χ4n) is 6.46. The Labute approximate surface area is 224 Å². The molecule has 2 atom stereocenters. The van der Waals surface area contributed by atoms with Gasteiger partial charge in [-0.3, -0.25) is 4.68 Å². The van der Waals surface area contributed by atoms with Crippen molar-refractivity contribution in [3.8, 4) is 22.6 Å². The molecule has 2 aliphatic rings. The van der Waals surface area contributed by atoms with E-state index in [1.807, 2.05) is 24.5 Å². The van der Waals surface area contributed by atoms with E-state index < -0.39 is 0 Å². The van der Waals surface area contributed by atoms with Crippen LogP contribution in [0, 0.1) is 19.3 Å². The molecule has 0 bridgehead atoms. The van der Waals surface area contributed by atoms with E-state index in [-0.39, 0.29) is 11.5 Å². The van der Waals surface area contributed by atoms with Crippen LogP contribution >= 0.6 is 0 Å². The molecule has 9 heteroatoms.